The molecule has 1 atom stereocenters. The van der Waals surface area contributed by atoms with Crippen LogP contribution in [0, 0.1) is 0 Å². The number of thiophene rings is 2. The van der Waals surface area contributed by atoms with Crippen molar-refractivity contribution in [3.05, 3.63) is 112 Å². The van der Waals surface area contributed by atoms with Crippen LogP contribution in [0.1, 0.15) is 27.6 Å². The molecule has 0 saturated carbocycles. The number of carbonyl (C=O) groups excluding carboxylic acids is 1. The molecule has 0 bridgehead atoms. The number of benzene rings is 2. The van der Waals surface area contributed by atoms with E-state index in [1.54, 1.807) is 34.8 Å². The van der Waals surface area contributed by atoms with Crippen molar-refractivity contribution in [2.24, 2.45) is 0 Å². The zero-order valence-electron chi connectivity index (χ0n) is 15.0. The first kappa shape index (κ1) is 24.2. The Morgan fingerprint density at radius 3 is 1.66 bits per heavy atom. The summed E-state index contributed by atoms with van der Waals surface area (Å²) in [5.41, 5.74) is 2.59. The van der Waals surface area contributed by atoms with E-state index < -0.39 is 6.10 Å². The first-order valence-electron chi connectivity index (χ1n) is 8.33. The zero-order valence-corrected chi connectivity index (χ0v) is 21.4. The Bertz CT molecular complexity index is 952. The standard InChI is InChI=1S/C11H9BrOS.C7H5BrO.C4H3BrS/c12-10-3-1-8(2-4-10)11(13)9-5-6-14-7-9;8-7-3-1-6(5-9)2-4-7;5-4-1-2-6-3-4/h1-7,11,13H;1-5H;1-3H. The third kappa shape index (κ3) is 9.07. The van der Waals surface area contributed by atoms with Crippen LogP contribution >= 0.6 is 70.5 Å². The van der Waals surface area contributed by atoms with Crippen LogP contribution in [0.4, 0.5) is 0 Å². The molecule has 2 nitrogen and oxygen atoms in total. The van der Waals surface area contributed by atoms with Gasteiger partial charge in [0.15, 0.2) is 0 Å². The summed E-state index contributed by atoms with van der Waals surface area (Å²) in [6.07, 6.45) is 0.321. The number of hydrogen-bond donors (Lipinski definition) is 1. The molecule has 0 fully saturated rings. The van der Waals surface area contributed by atoms with Crippen molar-refractivity contribution in [2.45, 2.75) is 6.10 Å². The van der Waals surface area contributed by atoms with Crippen LogP contribution in [-0.4, -0.2) is 11.4 Å². The lowest BCUT2D eigenvalue weighted by Crippen LogP contribution is -1.96. The van der Waals surface area contributed by atoms with Gasteiger partial charge in [-0.1, -0.05) is 56.1 Å². The molecule has 4 aromatic rings. The lowest BCUT2D eigenvalue weighted by atomic mass is 10.1. The number of carbonyl (C=O) groups is 1. The SMILES string of the molecule is Brc1ccsc1.O=Cc1ccc(Br)cc1.OC(c1ccc(Br)cc1)c1ccsc1. The Kier molecular flexibility index (Phi) is 11.1. The minimum atomic E-state index is -0.505. The van der Waals surface area contributed by atoms with E-state index >= 15 is 0 Å². The molecule has 2 aromatic carbocycles. The Labute approximate surface area is 203 Å². The summed E-state index contributed by atoms with van der Waals surface area (Å²) in [7, 11) is 0. The van der Waals surface area contributed by atoms with Crippen LogP contribution in [0.2, 0.25) is 0 Å². The van der Waals surface area contributed by atoms with E-state index in [1.807, 2.05) is 70.1 Å². The third-order valence-electron chi connectivity index (χ3n) is 3.54. The second-order valence-corrected chi connectivity index (χ2v) is 9.93. The molecule has 0 aliphatic carbocycles. The largest absolute Gasteiger partial charge is 0.384 e. The molecule has 7 heteroatoms. The quantitative estimate of drug-likeness (QED) is 0.235. The molecule has 2 aromatic heterocycles. The minimum absolute atomic E-state index is 0.505. The molecule has 150 valence electrons. The fraction of sp³-hybridized carbons (Fsp3) is 0.0455. The Hall–Kier alpha value is -1.09. The van der Waals surface area contributed by atoms with Crippen LogP contribution in [0.3, 0.4) is 0 Å². The number of aliphatic hydroxyl groups excluding tert-OH is 1. The van der Waals surface area contributed by atoms with E-state index in [1.165, 1.54) is 4.47 Å². The highest BCUT2D eigenvalue weighted by molar-refractivity contribution is 9.11. The first-order valence-corrected chi connectivity index (χ1v) is 12.6. The highest BCUT2D eigenvalue weighted by atomic mass is 79.9. The number of aliphatic hydroxyl groups is 1. The summed E-state index contributed by atoms with van der Waals surface area (Å²) >= 11 is 13.2. The molecule has 0 aliphatic heterocycles. The smallest absolute Gasteiger partial charge is 0.150 e. The van der Waals surface area contributed by atoms with Gasteiger partial charge in [0.25, 0.3) is 0 Å². The van der Waals surface area contributed by atoms with Gasteiger partial charge in [-0.2, -0.15) is 22.7 Å². The molecule has 0 amide bonds. The Morgan fingerprint density at radius 2 is 1.24 bits per heavy atom. The maximum absolute atomic E-state index is 10.1. The average molecular weight is 617 g/mol. The van der Waals surface area contributed by atoms with E-state index in [0.717, 1.165) is 26.4 Å². The van der Waals surface area contributed by atoms with Gasteiger partial charge in [0.05, 0.1) is 0 Å². The number of rotatable bonds is 3. The van der Waals surface area contributed by atoms with Crippen molar-refractivity contribution in [2.75, 3.05) is 0 Å². The summed E-state index contributed by atoms with van der Waals surface area (Å²) in [6.45, 7) is 0. The van der Waals surface area contributed by atoms with Crippen LogP contribution in [0.25, 0.3) is 0 Å². The first-order chi connectivity index (χ1) is 14.0. The van der Waals surface area contributed by atoms with Crippen molar-refractivity contribution in [1.82, 2.24) is 0 Å². The molecule has 2 heterocycles. The molecule has 0 radical (unpaired) electrons. The normalized spacial score (nSPS) is 10.8. The predicted molar refractivity (Wildman–Crippen MR) is 134 cm³/mol. The van der Waals surface area contributed by atoms with Crippen LogP contribution in [0.5, 0.6) is 0 Å². The van der Waals surface area contributed by atoms with E-state index in [9.17, 15) is 9.90 Å². The number of aldehydes is 1. The molecular formula is C22H17Br3O2S2. The Balaban J connectivity index is 0.000000171. The van der Waals surface area contributed by atoms with Gasteiger partial charge < -0.3 is 5.11 Å². The average Bonchev–Trinajstić information content (AvgIpc) is 3.44. The van der Waals surface area contributed by atoms with Gasteiger partial charge in [-0.15, -0.1) is 0 Å². The van der Waals surface area contributed by atoms with E-state index in [2.05, 4.69) is 47.8 Å². The predicted octanol–water partition coefficient (Wildman–Crippen LogP) is 8.36. The van der Waals surface area contributed by atoms with Crippen LogP contribution < -0.4 is 0 Å². The molecule has 29 heavy (non-hydrogen) atoms. The third-order valence-corrected chi connectivity index (χ3v) is 6.78. The summed E-state index contributed by atoms with van der Waals surface area (Å²) in [6, 6.07) is 18.9. The van der Waals surface area contributed by atoms with E-state index in [0.29, 0.717) is 5.56 Å². The van der Waals surface area contributed by atoms with Gasteiger partial charge in [0.1, 0.15) is 12.4 Å². The van der Waals surface area contributed by atoms with Gasteiger partial charge in [-0.3, -0.25) is 4.79 Å². The number of hydrogen-bond acceptors (Lipinski definition) is 4. The minimum Gasteiger partial charge on any atom is -0.384 e. The van der Waals surface area contributed by atoms with Crippen molar-refractivity contribution in [3.63, 3.8) is 0 Å². The van der Waals surface area contributed by atoms with Gasteiger partial charge in [0.2, 0.25) is 0 Å². The van der Waals surface area contributed by atoms with E-state index in [4.69, 9.17) is 0 Å². The topological polar surface area (TPSA) is 37.3 Å². The zero-order chi connectivity index (χ0) is 21.1. The molecule has 0 spiro atoms. The van der Waals surface area contributed by atoms with Crippen LogP contribution in [0.15, 0.2) is 95.6 Å². The maximum atomic E-state index is 10.1. The molecule has 1 unspecified atom stereocenters. The molecule has 1 N–H and O–H groups in total. The highest BCUT2D eigenvalue weighted by Crippen LogP contribution is 2.24. The van der Waals surface area contributed by atoms with Gasteiger partial charge in [0, 0.05) is 24.4 Å². The van der Waals surface area contributed by atoms with Crippen molar-refractivity contribution >= 4 is 76.7 Å². The Morgan fingerprint density at radius 1 is 0.690 bits per heavy atom. The lowest BCUT2D eigenvalue weighted by molar-refractivity contribution is 0.112. The van der Waals surface area contributed by atoms with Gasteiger partial charge >= 0.3 is 0 Å². The molecule has 0 saturated heterocycles. The highest BCUT2D eigenvalue weighted by Gasteiger charge is 2.09. The summed E-state index contributed by atoms with van der Waals surface area (Å²) in [5.74, 6) is 0. The van der Waals surface area contributed by atoms with Crippen LogP contribution in [-0.2, 0) is 0 Å². The summed E-state index contributed by atoms with van der Waals surface area (Å²) in [4.78, 5) is 10.1. The molecule has 4 rings (SSSR count). The summed E-state index contributed by atoms with van der Waals surface area (Å²) < 4.78 is 3.19. The van der Waals surface area contributed by atoms with Crippen molar-refractivity contribution in [3.8, 4) is 0 Å². The second kappa shape index (κ2) is 13.3. The lowest BCUT2D eigenvalue weighted by Gasteiger charge is -2.08. The van der Waals surface area contributed by atoms with Gasteiger partial charge in [-0.05, 0) is 79.6 Å². The monoisotopic (exact) mass is 614 g/mol. The molecular weight excluding hydrogens is 600 g/mol. The fourth-order valence-electron chi connectivity index (χ4n) is 2.06. The van der Waals surface area contributed by atoms with E-state index in [-0.39, 0.29) is 0 Å². The molecule has 0 aliphatic rings. The van der Waals surface area contributed by atoms with Gasteiger partial charge in [-0.25, -0.2) is 0 Å². The maximum Gasteiger partial charge on any atom is 0.150 e. The fourth-order valence-corrected chi connectivity index (χ4v) is 4.41. The number of halogens is 3. The van der Waals surface area contributed by atoms with Crippen molar-refractivity contribution < 1.29 is 9.90 Å². The second-order valence-electron chi connectivity index (χ2n) is 5.62. The summed E-state index contributed by atoms with van der Waals surface area (Å²) in [5, 5.41) is 18.0. The van der Waals surface area contributed by atoms with Crippen molar-refractivity contribution in [1.29, 1.82) is 0 Å².